The number of benzene rings is 2. The van der Waals surface area contributed by atoms with E-state index in [1.54, 1.807) is 12.1 Å². The Morgan fingerprint density at radius 3 is 2.47 bits per heavy atom. The molecule has 1 aliphatic rings. The van der Waals surface area contributed by atoms with Crippen molar-refractivity contribution in [3.05, 3.63) is 70.8 Å². The number of halogens is 2. The van der Waals surface area contributed by atoms with Gasteiger partial charge in [0.1, 0.15) is 17.7 Å². The molecule has 0 spiro atoms. The highest BCUT2D eigenvalue weighted by atomic mass is 19.1. The predicted octanol–water partition coefficient (Wildman–Crippen LogP) is 3.42. The lowest BCUT2D eigenvalue weighted by molar-refractivity contribution is 0.0251. The lowest BCUT2D eigenvalue weighted by atomic mass is 9.95. The van der Waals surface area contributed by atoms with Crippen LogP contribution in [0.25, 0.3) is 0 Å². The van der Waals surface area contributed by atoms with Gasteiger partial charge in [0, 0.05) is 12.5 Å². The highest BCUT2D eigenvalue weighted by Gasteiger charge is 2.27. The monoisotopic (exact) mass is 260 g/mol. The fourth-order valence-corrected chi connectivity index (χ4v) is 2.28. The van der Waals surface area contributed by atoms with Crippen LogP contribution < -0.4 is 0 Å². The van der Waals surface area contributed by atoms with Gasteiger partial charge in [0.15, 0.2) is 0 Å². The quantitative estimate of drug-likeness (QED) is 0.734. The number of esters is 1. The second-order valence-corrected chi connectivity index (χ2v) is 4.46. The number of cyclic esters (lactones) is 1. The van der Waals surface area contributed by atoms with Crippen molar-refractivity contribution in [3.63, 3.8) is 0 Å². The topological polar surface area (TPSA) is 26.3 Å². The molecule has 1 unspecified atom stereocenters. The molecule has 1 heterocycles. The second-order valence-electron chi connectivity index (χ2n) is 4.46. The summed E-state index contributed by atoms with van der Waals surface area (Å²) in [5.41, 5.74) is 1.67. The highest BCUT2D eigenvalue weighted by Crippen LogP contribution is 2.31. The molecule has 2 aromatic rings. The van der Waals surface area contributed by atoms with E-state index in [1.165, 1.54) is 12.1 Å². The van der Waals surface area contributed by atoms with E-state index >= 15 is 0 Å². The average Bonchev–Trinajstić information content (AvgIpc) is 2.37. The van der Waals surface area contributed by atoms with Crippen LogP contribution in [0.15, 0.2) is 42.5 Å². The third-order valence-corrected chi connectivity index (χ3v) is 3.15. The Hall–Kier alpha value is -2.23. The summed E-state index contributed by atoms with van der Waals surface area (Å²) in [6, 6.07) is 10.2. The van der Waals surface area contributed by atoms with Crippen LogP contribution in [0.5, 0.6) is 0 Å². The number of rotatable bonds is 1. The summed E-state index contributed by atoms with van der Waals surface area (Å²) >= 11 is 0. The molecule has 0 saturated heterocycles. The van der Waals surface area contributed by atoms with Gasteiger partial charge in [-0.15, -0.1) is 0 Å². The Morgan fingerprint density at radius 2 is 1.74 bits per heavy atom. The van der Waals surface area contributed by atoms with Crippen molar-refractivity contribution in [1.82, 2.24) is 0 Å². The number of carbonyl (C=O) groups is 1. The smallest absolute Gasteiger partial charge is 0.339 e. The van der Waals surface area contributed by atoms with Crippen LogP contribution in [0.3, 0.4) is 0 Å². The first-order valence-corrected chi connectivity index (χ1v) is 5.88. The summed E-state index contributed by atoms with van der Waals surface area (Å²) in [5, 5.41) is 0. The Morgan fingerprint density at radius 1 is 1.05 bits per heavy atom. The van der Waals surface area contributed by atoms with E-state index < -0.39 is 23.7 Å². The van der Waals surface area contributed by atoms with Crippen molar-refractivity contribution < 1.29 is 18.3 Å². The van der Waals surface area contributed by atoms with E-state index in [9.17, 15) is 13.6 Å². The molecule has 1 atom stereocenters. The van der Waals surface area contributed by atoms with Crippen molar-refractivity contribution in [3.8, 4) is 0 Å². The molecule has 2 nitrogen and oxygen atoms in total. The van der Waals surface area contributed by atoms with Gasteiger partial charge in [-0.25, -0.2) is 13.6 Å². The van der Waals surface area contributed by atoms with Crippen LogP contribution in [-0.2, 0) is 11.2 Å². The van der Waals surface area contributed by atoms with E-state index in [0.29, 0.717) is 17.5 Å². The van der Waals surface area contributed by atoms with Crippen molar-refractivity contribution in [2.75, 3.05) is 0 Å². The maximum Gasteiger partial charge on any atom is 0.339 e. The third kappa shape index (κ3) is 2.21. The summed E-state index contributed by atoms with van der Waals surface area (Å²) in [5.74, 6) is -1.81. The first-order valence-electron chi connectivity index (χ1n) is 5.88. The molecule has 0 radical (unpaired) electrons. The molecule has 4 heteroatoms. The molecule has 1 aliphatic heterocycles. The summed E-state index contributed by atoms with van der Waals surface area (Å²) in [6.45, 7) is 0. The Bertz CT molecular complexity index is 632. The maximum absolute atomic E-state index is 13.2. The summed E-state index contributed by atoms with van der Waals surface area (Å²) in [4.78, 5) is 11.8. The van der Waals surface area contributed by atoms with E-state index in [4.69, 9.17) is 4.74 Å². The summed E-state index contributed by atoms with van der Waals surface area (Å²) in [6.07, 6.45) is -0.224. The molecule has 3 rings (SSSR count). The van der Waals surface area contributed by atoms with E-state index in [0.717, 1.165) is 11.6 Å². The van der Waals surface area contributed by atoms with Crippen LogP contribution in [0, 0.1) is 11.6 Å². The lowest BCUT2D eigenvalue weighted by Crippen LogP contribution is -2.21. The van der Waals surface area contributed by atoms with Gasteiger partial charge < -0.3 is 4.74 Å². The molecule has 19 heavy (non-hydrogen) atoms. The van der Waals surface area contributed by atoms with Gasteiger partial charge in [-0.3, -0.25) is 0 Å². The van der Waals surface area contributed by atoms with E-state index in [2.05, 4.69) is 0 Å². The average molecular weight is 260 g/mol. The minimum Gasteiger partial charge on any atom is -0.454 e. The van der Waals surface area contributed by atoms with E-state index in [-0.39, 0.29) is 0 Å². The molecule has 0 bridgehead atoms. The van der Waals surface area contributed by atoms with Gasteiger partial charge >= 0.3 is 5.97 Å². The number of hydrogen-bond donors (Lipinski definition) is 0. The Labute approximate surface area is 108 Å². The first-order chi connectivity index (χ1) is 9.13. The maximum atomic E-state index is 13.2. The summed E-state index contributed by atoms with van der Waals surface area (Å²) < 4.78 is 31.6. The Balaban J connectivity index is 1.99. The number of fused-ring (bicyclic) bond motifs is 1. The molecular weight excluding hydrogens is 250 g/mol. The SMILES string of the molecule is O=C1OC(c2cc(F)cc(F)c2)Cc2ccccc21. The number of hydrogen-bond acceptors (Lipinski definition) is 2. The zero-order chi connectivity index (χ0) is 13.4. The molecule has 0 aromatic heterocycles. The molecule has 0 amide bonds. The van der Waals surface area contributed by atoms with Gasteiger partial charge in [0.2, 0.25) is 0 Å². The highest BCUT2D eigenvalue weighted by molar-refractivity contribution is 5.92. The van der Waals surface area contributed by atoms with Gasteiger partial charge in [0.05, 0.1) is 5.56 Å². The molecule has 0 aliphatic carbocycles. The molecule has 0 fully saturated rings. The van der Waals surface area contributed by atoms with Crippen molar-refractivity contribution in [2.45, 2.75) is 12.5 Å². The van der Waals surface area contributed by atoms with Crippen LogP contribution in [0.1, 0.15) is 27.6 Å². The van der Waals surface area contributed by atoms with Crippen LogP contribution in [0.2, 0.25) is 0 Å². The van der Waals surface area contributed by atoms with Crippen molar-refractivity contribution >= 4 is 5.97 Å². The predicted molar refractivity (Wildman–Crippen MR) is 64.7 cm³/mol. The molecule has 0 N–H and O–H groups in total. The normalized spacial score (nSPS) is 17.8. The van der Waals surface area contributed by atoms with Crippen LogP contribution >= 0.6 is 0 Å². The number of carbonyl (C=O) groups excluding carboxylic acids is 1. The Kier molecular flexibility index (Phi) is 2.78. The molecule has 2 aromatic carbocycles. The molecular formula is C15H10F2O2. The zero-order valence-corrected chi connectivity index (χ0v) is 9.90. The minimum atomic E-state index is -0.676. The fraction of sp³-hybridized carbons (Fsp3) is 0.133. The largest absolute Gasteiger partial charge is 0.454 e. The fourth-order valence-electron chi connectivity index (χ4n) is 2.28. The van der Waals surface area contributed by atoms with Crippen molar-refractivity contribution in [2.24, 2.45) is 0 Å². The van der Waals surface area contributed by atoms with Crippen molar-refractivity contribution in [1.29, 1.82) is 0 Å². The minimum absolute atomic E-state index is 0.334. The summed E-state index contributed by atoms with van der Waals surface area (Å²) in [7, 11) is 0. The van der Waals surface area contributed by atoms with Gasteiger partial charge in [0.25, 0.3) is 0 Å². The van der Waals surface area contributed by atoms with Crippen LogP contribution in [-0.4, -0.2) is 5.97 Å². The first kappa shape index (κ1) is 11.8. The van der Waals surface area contributed by atoms with Crippen LogP contribution in [0.4, 0.5) is 8.78 Å². The third-order valence-electron chi connectivity index (χ3n) is 3.15. The molecule has 96 valence electrons. The second kappa shape index (κ2) is 4.46. The van der Waals surface area contributed by atoms with Gasteiger partial charge in [-0.05, 0) is 29.3 Å². The number of ether oxygens (including phenoxy) is 1. The lowest BCUT2D eigenvalue weighted by Gasteiger charge is -2.24. The van der Waals surface area contributed by atoms with Gasteiger partial charge in [-0.1, -0.05) is 18.2 Å². The molecule has 0 saturated carbocycles. The standard InChI is InChI=1S/C15H10F2O2/c16-11-5-10(6-12(17)8-11)14-7-9-3-1-2-4-13(9)15(18)19-14/h1-6,8,14H,7H2. The van der Waals surface area contributed by atoms with E-state index in [1.807, 2.05) is 12.1 Å². The zero-order valence-electron chi connectivity index (χ0n) is 9.90. The van der Waals surface area contributed by atoms with Gasteiger partial charge in [-0.2, -0.15) is 0 Å².